The fourth-order valence-corrected chi connectivity index (χ4v) is 1.38. The maximum absolute atomic E-state index is 4.45. The van der Waals surface area contributed by atoms with Gasteiger partial charge in [0.05, 0.1) is 0 Å². The van der Waals surface area contributed by atoms with Crippen molar-refractivity contribution in [2.45, 2.75) is 6.42 Å². The summed E-state index contributed by atoms with van der Waals surface area (Å²) in [6.45, 7) is 3.70. The smallest absolute Gasteiger partial charge is 0.159 e. The van der Waals surface area contributed by atoms with Crippen molar-refractivity contribution >= 4 is 0 Å². The van der Waals surface area contributed by atoms with E-state index in [0.29, 0.717) is 0 Å². The van der Waals surface area contributed by atoms with Crippen LogP contribution in [0.25, 0.3) is 11.4 Å². The molecule has 0 bridgehead atoms. The molecule has 0 atom stereocenters. The zero-order valence-electron chi connectivity index (χ0n) is 8.43. The SMILES string of the molecule is C=CCc1ccnc(-c2ccccc2)n1. The molecule has 2 heteroatoms. The number of hydrogen-bond acceptors (Lipinski definition) is 2. The quantitative estimate of drug-likeness (QED) is 0.705. The molecule has 15 heavy (non-hydrogen) atoms. The van der Waals surface area contributed by atoms with Crippen molar-refractivity contribution in [3.05, 3.63) is 60.9 Å². The van der Waals surface area contributed by atoms with Crippen LogP contribution in [0, 0.1) is 0 Å². The molecule has 0 saturated carbocycles. The average molecular weight is 196 g/mol. The predicted octanol–water partition coefficient (Wildman–Crippen LogP) is 2.87. The fourth-order valence-electron chi connectivity index (χ4n) is 1.38. The monoisotopic (exact) mass is 196 g/mol. The molecule has 1 aromatic heterocycles. The third-order valence-corrected chi connectivity index (χ3v) is 2.10. The van der Waals surface area contributed by atoms with Crippen molar-refractivity contribution in [3.8, 4) is 11.4 Å². The van der Waals surface area contributed by atoms with Crippen LogP contribution in [0.15, 0.2) is 55.3 Å². The van der Waals surface area contributed by atoms with Gasteiger partial charge >= 0.3 is 0 Å². The van der Waals surface area contributed by atoms with Crippen LogP contribution in [0.1, 0.15) is 5.69 Å². The molecule has 0 N–H and O–H groups in total. The van der Waals surface area contributed by atoms with Crippen LogP contribution >= 0.6 is 0 Å². The second kappa shape index (κ2) is 4.51. The lowest BCUT2D eigenvalue weighted by Crippen LogP contribution is -1.93. The van der Waals surface area contributed by atoms with Crippen LogP contribution in [-0.2, 0) is 6.42 Å². The van der Waals surface area contributed by atoms with Crippen molar-refractivity contribution in [1.29, 1.82) is 0 Å². The van der Waals surface area contributed by atoms with E-state index in [1.54, 1.807) is 6.20 Å². The molecule has 0 fully saturated rings. The van der Waals surface area contributed by atoms with Gasteiger partial charge < -0.3 is 0 Å². The molecule has 0 unspecified atom stereocenters. The molecule has 0 radical (unpaired) electrons. The molecule has 0 amide bonds. The van der Waals surface area contributed by atoms with Gasteiger partial charge in [-0.15, -0.1) is 6.58 Å². The summed E-state index contributed by atoms with van der Waals surface area (Å²) < 4.78 is 0. The summed E-state index contributed by atoms with van der Waals surface area (Å²) in [5, 5.41) is 0. The highest BCUT2D eigenvalue weighted by molar-refractivity contribution is 5.54. The Kier molecular flexibility index (Phi) is 2.88. The third kappa shape index (κ3) is 2.29. The van der Waals surface area contributed by atoms with Crippen LogP contribution in [0.2, 0.25) is 0 Å². The van der Waals surface area contributed by atoms with E-state index in [4.69, 9.17) is 0 Å². The normalized spacial score (nSPS) is 9.87. The van der Waals surface area contributed by atoms with Gasteiger partial charge in [0.2, 0.25) is 0 Å². The minimum Gasteiger partial charge on any atom is -0.237 e. The van der Waals surface area contributed by atoms with E-state index in [1.165, 1.54) is 0 Å². The van der Waals surface area contributed by atoms with Crippen LogP contribution in [-0.4, -0.2) is 9.97 Å². The lowest BCUT2D eigenvalue weighted by molar-refractivity contribution is 1.06. The average Bonchev–Trinajstić information content (AvgIpc) is 2.31. The fraction of sp³-hybridized carbons (Fsp3) is 0.0769. The second-order valence-electron chi connectivity index (χ2n) is 3.23. The first-order valence-electron chi connectivity index (χ1n) is 4.88. The van der Waals surface area contributed by atoms with Gasteiger partial charge in [0.1, 0.15) is 0 Å². The molecule has 0 spiro atoms. The summed E-state index contributed by atoms with van der Waals surface area (Å²) in [5.41, 5.74) is 2.04. The zero-order valence-corrected chi connectivity index (χ0v) is 8.43. The van der Waals surface area contributed by atoms with E-state index in [1.807, 2.05) is 42.5 Å². The molecule has 1 aromatic carbocycles. The van der Waals surface area contributed by atoms with Crippen molar-refractivity contribution < 1.29 is 0 Å². The molecule has 2 nitrogen and oxygen atoms in total. The van der Waals surface area contributed by atoms with Gasteiger partial charge in [-0.05, 0) is 6.07 Å². The number of nitrogens with zero attached hydrogens (tertiary/aromatic N) is 2. The summed E-state index contributed by atoms with van der Waals surface area (Å²) >= 11 is 0. The van der Waals surface area contributed by atoms with E-state index in [9.17, 15) is 0 Å². The molecule has 1 heterocycles. The van der Waals surface area contributed by atoms with Crippen LogP contribution in [0.5, 0.6) is 0 Å². The Morgan fingerprint density at radius 2 is 1.93 bits per heavy atom. The van der Waals surface area contributed by atoms with Gasteiger partial charge in [-0.2, -0.15) is 0 Å². The highest BCUT2D eigenvalue weighted by Crippen LogP contribution is 2.13. The Hall–Kier alpha value is -1.96. The molecule has 2 rings (SSSR count). The summed E-state index contributed by atoms with van der Waals surface area (Å²) in [5.74, 6) is 0.773. The third-order valence-electron chi connectivity index (χ3n) is 2.10. The minimum absolute atomic E-state index is 0.773. The highest BCUT2D eigenvalue weighted by Gasteiger charge is 2.00. The van der Waals surface area contributed by atoms with Crippen molar-refractivity contribution in [3.63, 3.8) is 0 Å². The lowest BCUT2D eigenvalue weighted by Gasteiger charge is -2.01. The first-order chi connectivity index (χ1) is 7.40. The van der Waals surface area contributed by atoms with E-state index in [2.05, 4.69) is 16.5 Å². The Bertz CT molecular complexity index is 449. The summed E-state index contributed by atoms with van der Waals surface area (Å²) in [7, 11) is 0. The number of hydrogen-bond donors (Lipinski definition) is 0. The van der Waals surface area contributed by atoms with Crippen molar-refractivity contribution in [2.75, 3.05) is 0 Å². The summed E-state index contributed by atoms with van der Waals surface area (Å²) in [6.07, 6.45) is 4.41. The molecule has 0 aliphatic heterocycles. The van der Waals surface area contributed by atoms with Crippen LogP contribution < -0.4 is 0 Å². The lowest BCUT2D eigenvalue weighted by atomic mass is 10.2. The van der Waals surface area contributed by atoms with E-state index in [0.717, 1.165) is 23.5 Å². The first-order valence-corrected chi connectivity index (χ1v) is 4.88. The zero-order chi connectivity index (χ0) is 10.5. The Balaban J connectivity index is 2.37. The Labute approximate surface area is 89.3 Å². The standard InChI is InChI=1S/C13H12N2/c1-2-6-12-9-10-14-13(15-12)11-7-4-3-5-8-11/h2-5,7-10H,1,6H2. The van der Waals surface area contributed by atoms with Gasteiger partial charge in [-0.3, -0.25) is 0 Å². The maximum atomic E-state index is 4.45. The molecule has 74 valence electrons. The molecule has 0 aliphatic carbocycles. The molecule has 0 saturated heterocycles. The van der Waals surface area contributed by atoms with E-state index in [-0.39, 0.29) is 0 Å². The Morgan fingerprint density at radius 3 is 2.67 bits per heavy atom. The summed E-state index contributed by atoms with van der Waals surface area (Å²) in [6, 6.07) is 11.9. The van der Waals surface area contributed by atoms with Crippen molar-refractivity contribution in [2.24, 2.45) is 0 Å². The molecular weight excluding hydrogens is 184 g/mol. The maximum Gasteiger partial charge on any atom is 0.159 e. The van der Waals surface area contributed by atoms with Gasteiger partial charge in [0.25, 0.3) is 0 Å². The molecule has 2 aromatic rings. The topological polar surface area (TPSA) is 25.8 Å². The summed E-state index contributed by atoms with van der Waals surface area (Å²) in [4.78, 5) is 8.70. The molecule has 0 aliphatic rings. The van der Waals surface area contributed by atoms with Gasteiger partial charge in [-0.25, -0.2) is 9.97 Å². The van der Waals surface area contributed by atoms with Gasteiger partial charge in [0, 0.05) is 23.9 Å². The molecular formula is C13H12N2. The minimum atomic E-state index is 0.773. The highest BCUT2D eigenvalue weighted by atomic mass is 14.9. The van der Waals surface area contributed by atoms with Gasteiger partial charge in [-0.1, -0.05) is 36.4 Å². The van der Waals surface area contributed by atoms with Gasteiger partial charge in [0.15, 0.2) is 5.82 Å². The largest absolute Gasteiger partial charge is 0.237 e. The van der Waals surface area contributed by atoms with Crippen molar-refractivity contribution in [1.82, 2.24) is 9.97 Å². The van der Waals surface area contributed by atoms with Crippen LogP contribution in [0.3, 0.4) is 0 Å². The first kappa shape index (κ1) is 9.59. The predicted molar refractivity (Wildman–Crippen MR) is 61.4 cm³/mol. The number of allylic oxidation sites excluding steroid dienone is 1. The number of rotatable bonds is 3. The second-order valence-corrected chi connectivity index (χ2v) is 3.23. The number of aromatic nitrogens is 2. The van der Waals surface area contributed by atoms with E-state index < -0.39 is 0 Å². The van der Waals surface area contributed by atoms with E-state index >= 15 is 0 Å². The Morgan fingerprint density at radius 1 is 1.13 bits per heavy atom. The number of benzene rings is 1. The van der Waals surface area contributed by atoms with Crippen LogP contribution in [0.4, 0.5) is 0 Å².